The molecule has 4 heteroatoms. The minimum Gasteiger partial charge on any atom is -0.497 e. The van der Waals surface area contributed by atoms with Crippen molar-refractivity contribution in [1.82, 2.24) is 0 Å². The van der Waals surface area contributed by atoms with Crippen molar-refractivity contribution in [3.63, 3.8) is 0 Å². The highest BCUT2D eigenvalue weighted by Crippen LogP contribution is 2.23. The third-order valence-electron chi connectivity index (χ3n) is 2.69. The molecule has 0 amide bonds. The molecule has 0 aromatic heterocycles. The second kappa shape index (κ2) is 7.78. The molecule has 108 valence electrons. The molecule has 0 bridgehead atoms. The number of benzene rings is 1. The fourth-order valence-electron chi connectivity index (χ4n) is 1.62. The van der Waals surface area contributed by atoms with Crippen LogP contribution in [-0.2, 0) is 6.54 Å². The van der Waals surface area contributed by atoms with Gasteiger partial charge in [-0.05, 0) is 24.3 Å². The molecule has 3 nitrogen and oxygen atoms in total. The average molecular weight is 284 g/mol. The summed E-state index contributed by atoms with van der Waals surface area (Å²) >= 11 is 1.81. The van der Waals surface area contributed by atoms with E-state index >= 15 is 0 Å². The van der Waals surface area contributed by atoms with Gasteiger partial charge in [0.25, 0.3) is 0 Å². The summed E-state index contributed by atoms with van der Waals surface area (Å²) in [5.74, 6) is 1.67. The quantitative estimate of drug-likeness (QED) is 0.800. The number of aliphatic hydroxyl groups is 1. The molecule has 0 aliphatic carbocycles. The normalized spacial score (nSPS) is 13.3. The van der Waals surface area contributed by atoms with Gasteiger partial charge >= 0.3 is 0 Å². The first-order valence-corrected chi connectivity index (χ1v) is 7.66. The van der Waals surface area contributed by atoms with Crippen molar-refractivity contribution in [3.8, 4) is 5.75 Å². The number of ether oxygens (including phenoxy) is 1. The van der Waals surface area contributed by atoms with Gasteiger partial charge < -0.3 is 15.2 Å². The molecule has 0 fully saturated rings. The Morgan fingerprint density at radius 2 is 1.89 bits per heavy atom. The van der Waals surface area contributed by atoms with Crippen molar-refractivity contribution in [1.29, 1.82) is 0 Å². The van der Waals surface area contributed by atoms with Crippen molar-refractivity contribution in [2.45, 2.75) is 38.2 Å². The number of quaternary nitrogens is 1. The van der Waals surface area contributed by atoms with Crippen LogP contribution in [0.15, 0.2) is 24.3 Å². The summed E-state index contributed by atoms with van der Waals surface area (Å²) in [6.07, 6.45) is -0.248. The smallest absolute Gasteiger partial charge is 0.118 e. The van der Waals surface area contributed by atoms with Crippen LogP contribution in [0.25, 0.3) is 0 Å². The Bertz CT molecular complexity index is 359. The maximum Gasteiger partial charge on any atom is 0.118 e. The molecule has 0 unspecified atom stereocenters. The SMILES string of the molecule is COc1ccc(C[NH2+]C[C@@H](O)CSC(C)(C)C)cc1. The van der Waals surface area contributed by atoms with E-state index in [2.05, 4.69) is 38.2 Å². The number of rotatable bonds is 7. The Morgan fingerprint density at radius 3 is 2.42 bits per heavy atom. The highest BCUT2D eigenvalue weighted by atomic mass is 32.2. The second-order valence-electron chi connectivity index (χ2n) is 5.65. The summed E-state index contributed by atoms with van der Waals surface area (Å²) < 4.78 is 5.34. The number of nitrogens with two attached hydrogens (primary N) is 1. The zero-order valence-electron chi connectivity index (χ0n) is 12.3. The maximum absolute atomic E-state index is 9.90. The molecule has 1 atom stereocenters. The van der Waals surface area contributed by atoms with E-state index in [0.717, 1.165) is 24.6 Å². The van der Waals surface area contributed by atoms with Crippen molar-refractivity contribution < 1.29 is 15.2 Å². The third kappa shape index (κ3) is 7.45. The van der Waals surface area contributed by atoms with Crippen molar-refractivity contribution >= 4 is 11.8 Å². The Balaban J connectivity index is 2.22. The molecule has 0 heterocycles. The first-order chi connectivity index (χ1) is 8.90. The molecule has 3 N–H and O–H groups in total. The van der Waals surface area contributed by atoms with E-state index in [1.165, 1.54) is 5.56 Å². The lowest BCUT2D eigenvalue weighted by atomic mass is 10.2. The van der Waals surface area contributed by atoms with Crippen LogP contribution in [0.1, 0.15) is 26.3 Å². The summed E-state index contributed by atoms with van der Waals surface area (Å²) in [5.41, 5.74) is 1.25. The van der Waals surface area contributed by atoms with Gasteiger partial charge in [-0.25, -0.2) is 0 Å². The number of thioether (sulfide) groups is 1. The topological polar surface area (TPSA) is 46.1 Å². The summed E-state index contributed by atoms with van der Waals surface area (Å²) in [7, 11) is 1.67. The Morgan fingerprint density at radius 1 is 1.26 bits per heavy atom. The molecule has 1 aromatic rings. The molecule has 0 saturated heterocycles. The molecule has 0 aliphatic heterocycles. The van der Waals surface area contributed by atoms with Crippen LogP contribution in [-0.4, -0.2) is 35.4 Å². The monoisotopic (exact) mass is 284 g/mol. The van der Waals surface area contributed by atoms with E-state index < -0.39 is 0 Å². The summed E-state index contributed by atoms with van der Waals surface area (Å²) in [5, 5.41) is 12.0. The van der Waals surface area contributed by atoms with Crippen molar-refractivity contribution in [2.24, 2.45) is 0 Å². The van der Waals surface area contributed by atoms with Crippen molar-refractivity contribution in [2.75, 3.05) is 19.4 Å². The Labute approximate surface area is 120 Å². The van der Waals surface area contributed by atoms with Crippen LogP contribution in [0.4, 0.5) is 0 Å². The van der Waals surface area contributed by atoms with E-state index in [-0.39, 0.29) is 10.9 Å². The predicted molar refractivity (Wildman–Crippen MR) is 81.7 cm³/mol. The first-order valence-electron chi connectivity index (χ1n) is 6.67. The average Bonchev–Trinajstić information content (AvgIpc) is 2.36. The van der Waals surface area contributed by atoms with E-state index in [1.54, 1.807) is 18.9 Å². The zero-order valence-corrected chi connectivity index (χ0v) is 13.2. The molecule has 0 saturated carbocycles. The lowest BCUT2D eigenvalue weighted by Gasteiger charge is -2.19. The van der Waals surface area contributed by atoms with Gasteiger partial charge in [0.15, 0.2) is 0 Å². The lowest BCUT2D eigenvalue weighted by molar-refractivity contribution is -0.675. The van der Waals surface area contributed by atoms with Crippen LogP contribution in [0, 0.1) is 0 Å². The van der Waals surface area contributed by atoms with E-state index in [1.807, 2.05) is 12.1 Å². The minimum atomic E-state index is -0.248. The largest absolute Gasteiger partial charge is 0.497 e. The summed E-state index contributed by atoms with van der Waals surface area (Å²) in [6, 6.07) is 8.06. The van der Waals surface area contributed by atoms with Gasteiger partial charge in [0.1, 0.15) is 24.9 Å². The molecular formula is C15H26NO2S+. The Hall–Kier alpha value is -0.710. The number of hydrogen-bond donors (Lipinski definition) is 2. The van der Waals surface area contributed by atoms with E-state index in [9.17, 15) is 5.11 Å². The van der Waals surface area contributed by atoms with Gasteiger partial charge in [0.05, 0.1) is 7.11 Å². The third-order valence-corrected chi connectivity index (χ3v) is 4.10. The van der Waals surface area contributed by atoms with Crippen LogP contribution in [0.5, 0.6) is 5.75 Å². The van der Waals surface area contributed by atoms with Crippen LogP contribution in [0.2, 0.25) is 0 Å². The predicted octanol–water partition coefficient (Wildman–Crippen LogP) is 1.65. The molecule has 19 heavy (non-hydrogen) atoms. The standard InChI is InChI=1S/C15H25NO2S/c1-15(2,3)19-11-13(17)10-16-9-12-5-7-14(18-4)8-6-12/h5-8,13,16-17H,9-11H2,1-4H3/p+1/t13-/m1/s1. The van der Waals surface area contributed by atoms with Gasteiger partial charge in [0, 0.05) is 16.1 Å². The van der Waals surface area contributed by atoms with E-state index in [0.29, 0.717) is 0 Å². The van der Waals surface area contributed by atoms with Crippen LogP contribution >= 0.6 is 11.8 Å². The molecule has 1 aromatic carbocycles. The fourth-order valence-corrected chi connectivity index (χ4v) is 2.45. The van der Waals surface area contributed by atoms with E-state index in [4.69, 9.17) is 4.74 Å². The molecule has 0 aliphatic rings. The van der Waals surface area contributed by atoms with Gasteiger partial charge in [-0.2, -0.15) is 11.8 Å². The second-order valence-corrected chi connectivity index (χ2v) is 7.50. The minimum absolute atomic E-state index is 0.219. The first kappa shape index (κ1) is 16.3. The number of aliphatic hydroxyl groups excluding tert-OH is 1. The molecular weight excluding hydrogens is 258 g/mol. The van der Waals surface area contributed by atoms with Gasteiger partial charge in [-0.15, -0.1) is 0 Å². The van der Waals surface area contributed by atoms with Gasteiger partial charge in [0.2, 0.25) is 0 Å². The number of methoxy groups -OCH3 is 1. The summed E-state index contributed by atoms with van der Waals surface area (Å²) in [4.78, 5) is 0. The molecule has 0 radical (unpaired) electrons. The van der Waals surface area contributed by atoms with Gasteiger partial charge in [-0.1, -0.05) is 20.8 Å². The number of hydrogen-bond acceptors (Lipinski definition) is 3. The van der Waals surface area contributed by atoms with Gasteiger partial charge in [-0.3, -0.25) is 0 Å². The fraction of sp³-hybridized carbons (Fsp3) is 0.600. The zero-order chi connectivity index (χ0) is 14.3. The molecule has 0 spiro atoms. The highest BCUT2D eigenvalue weighted by Gasteiger charge is 2.14. The summed E-state index contributed by atoms with van der Waals surface area (Å²) in [6.45, 7) is 8.15. The Kier molecular flexibility index (Phi) is 6.69. The van der Waals surface area contributed by atoms with Crippen LogP contribution in [0.3, 0.4) is 0 Å². The maximum atomic E-state index is 9.90. The highest BCUT2D eigenvalue weighted by molar-refractivity contribution is 8.00. The lowest BCUT2D eigenvalue weighted by Crippen LogP contribution is -2.85. The van der Waals surface area contributed by atoms with Crippen LogP contribution < -0.4 is 10.1 Å². The van der Waals surface area contributed by atoms with Crippen molar-refractivity contribution in [3.05, 3.63) is 29.8 Å². The molecule has 1 rings (SSSR count).